The van der Waals surface area contributed by atoms with Gasteiger partial charge in [0.25, 0.3) is 0 Å². The summed E-state index contributed by atoms with van der Waals surface area (Å²) >= 11 is 1.87. The third-order valence-electron chi connectivity index (χ3n) is 1.92. The van der Waals surface area contributed by atoms with Gasteiger partial charge in [-0.2, -0.15) is 11.8 Å². The molecule has 2 nitrogen and oxygen atoms in total. The van der Waals surface area contributed by atoms with Crippen LogP contribution in [0.25, 0.3) is 0 Å². The van der Waals surface area contributed by atoms with Crippen LogP contribution in [0.4, 0.5) is 0 Å². The molecule has 0 saturated carbocycles. The predicted octanol–water partition coefficient (Wildman–Crippen LogP) is 1.74. The molecule has 13 heavy (non-hydrogen) atoms. The maximum absolute atomic E-state index is 5.72. The van der Waals surface area contributed by atoms with Crippen molar-refractivity contribution in [2.75, 3.05) is 12.0 Å². The minimum absolute atomic E-state index is 0.261. The Morgan fingerprint density at radius 2 is 2.38 bits per heavy atom. The molecule has 2 N–H and O–H groups in total. The molecule has 1 aromatic heterocycles. The van der Waals surface area contributed by atoms with Crippen molar-refractivity contribution in [2.45, 2.75) is 25.9 Å². The first kappa shape index (κ1) is 10.7. The fourth-order valence-electron chi connectivity index (χ4n) is 1.32. The molecule has 0 spiro atoms. The van der Waals surface area contributed by atoms with E-state index < -0.39 is 0 Å². The molecule has 3 heteroatoms. The van der Waals surface area contributed by atoms with Gasteiger partial charge in [0.2, 0.25) is 0 Å². The average Bonchev–Trinajstić information content (AvgIpc) is 2.48. The van der Waals surface area contributed by atoms with E-state index in [1.807, 2.05) is 18.7 Å². The zero-order valence-corrected chi connectivity index (χ0v) is 9.18. The lowest BCUT2D eigenvalue weighted by atomic mass is 10.1. The summed E-state index contributed by atoms with van der Waals surface area (Å²) in [5.41, 5.74) is 7.06. The summed E-state index contributed by atoms with van der Waals surface area (Å²) in [7, 11) is 0. The van der Waals surface area contributed by atoms with E-state index in [1.165, 1.54) is 11.3 Å². The smallest absolute Gasteiger partial charge is 0.0310 e. The van der Waals surface area contributed by atoms with E-state index >= 15 is 0 Å². The SMILES string of the molecule is CSCCn1ccc(CC(C)N)c1. The quantitative estimate of drug-likeness (QED) is 0.781. The molecule has 1 unspecified atom stereocenters. The lowest BCUT2D eigenvalue weighted by Crippen LogP contribution is -2.17. The first-order chi connectivity index (χ1) is 6.22. The third-order valence-corrected chi connectivity index (χ3v) is 2.51. The summed E-state index contributed by atoms with van der Waals surface area (Å²) in [6, 6.07) is 2.42. The summed E-state index contributed by atoms with van der Waals surface area (Å²) < 4.78 is 2.23. The Kier molecular flexibility index (Phi) is 4.39. The molecule has 1 atom stereocenters. The molecule has 1 rings (SSSR count). The number of hydrogen-bond acceptors (Lipinski definition) is 2. The van der Waals surface area contributed by atoms with Gasteiger partial charge in [-0.05, 0) is 31.2 Å². The molecule has 0 fully saturated rings. The first-order valence-corrected chi connectivity index (χ1v) is 6.01. The van der Waals surface area contributed by atoms with Crippen LogP contribution in [0.2, 0.25) is 0 Å². The van der Waals surface area contributed by atoms with E-state index in [0.29, 0.717) is 0 Å². The number of rotatable bonds is 5. The summed E-state index contributed by atoms with van der Waals surface area (Å²) in [6.45, 7) is 3.14. The molecule has 0 aliphatic rings. The molecule has 74 valence electrons. The van der Waals surface area contributed by atoms with Crippen molar-refractivity contribution in [3.05, 3.63) is 24.0 Å². The van der Waals surface area contributed by atoms with E-state index in [1.54, 1.807) is 0 Å². The number of nitrogens with two attached hydrogens (primary N) is 1. The van der Waals surface area contributed by atoms with E-state index in [4.69, 9.17) is 5.73 Å². The van der Waals surface area contributed by atoms with Crippen LogP contribution in [0.1, 0.15) is 12.5 Å². The standard InChI is InChI=1S/C10H18N2S/c1-9(11)7-10-3-4-12(8-10)5-6-13-2/h3-4,8-9H,5-7,11H2,1-2H3. The van der Waals surface area contributed by atoms with Gasteiger partial charge >= 0.3 is 0 Å². The van der Waals surface area contributed by atoms with Gasteiger partial charge in [0.05, 0.1) is 0 Å². The summed E-state index contributed by atoms with van der Waals surface area (Å²) in [6.07, 6.45) is 7.44. The Balaban J connectivity index is 2.44. The lowest BCUT2D eigenvalue weighted by molar-refractivity contribution is 0.728. The molecular formula is C10H18N2S. The van der Waals surface area contributed by atoms with Gasteiger partial charge in [0.1, 0.15) is 0 Å². The van der Waals surface area contributed by atoms with Gasteiger partial charge in [0, 0.05) is 30.7 Å². The molecular weight excluding hydrogens is 180 g/mol. The molecule has 1 heterocycles. The Bertz CT molecular complexity index is 243. The average molecular weight is 198 g/mol. The van der Waals surface area contributed by atoms with E-state index in [-0.39, 0.29) is 6.04 Å². The highest BCUT2D eigenvalue weighted by Gasteiger charge is 1.99. The fraction of sp³-hybridized carbons (Fsp3) is 0.600. The Labute approximate surface area is 84.5 Å². The van der Waals surface area contributed by atoms with Gasteiger partial charge in [-0.15, -0.1) is 0 Å². The van der Waals surface area contributed by atoms with Crippen LogP contribution in [-0.4, -0.2) is 22.6 Å². The maximum Gasteiger partial charge on any atom is 0.0310 e. The number of hydrogen-bond donors (Lipinski definition) is 1. The zero-order valence-electron chi connectivity index (χ0n) is 8.36. The Morgan fingerprint density at radius 3 is 3.00 bits per heavy atom. The Morgan fingerprint density at radius 1 is 1.62 bits per heavy atom. The second-order valence-corrected chi connectivity index (χ2v) is 4.42. The topological polar surface area (TPSA) is 30.9 Å². The largest absolute Gasteiger partial charge is 0.353 e. The molecule has 0 aliphatic carbocycles. The normalized spacial score (nSPS) is 13.2. The summed E-state index contributed by atoms with van der Waals surface area (Å²) in [4.78, 5) is 0. The van der Waals surface area contributed by atoms with Crippen LogP contribution in [-0.2, 0) is 13.0 Å². The van der Waals surface area contributed by atoms with Gasteiger partial charge in [0.15, 0.2) is 0 Å². The number of thioether (sulfide) groups is 1. The molecule has 0 saturated heterocycles. The van der Waals surface area contributed by atoms with Crippen LogP contribution in [0.5, 0.6) is 0 Å². The van der Waals surface area contributed by atoms with Crippen LogP contribution >= 0.6 is 11.8 Å². The van der Waals surface area contributed by atoms with Gasteiger partial charge in [-0.1, -0.05) is 0 Å². The molecule has 0 amide bonds. The zero-order chi connectivity index (χ0) is 9.68. The minimum atomic E-state index is 0.261. The molecule has 0 aromatic carbocycles. The van der Waals surface area contributed by atoms with E-state index in [9.17, 15) is 0 Å². The summed E-state index contributed by atoms with van der Waals surface area (Å²) in [5.74, 6) is 1.17. The predicted molar refractivity (Wildman–Crippen MR) is 60.2 cm³/mol. The second kappa shape index (κ2) is 5.35. The minimum Gasteiger partial charge on any atom is -0.353 e. The van der Waals surface area contributed by atoms with Gasteiger partial charge in [-0.3, -0.25) is 0 Å². The highest BCUT2D eigenvalue weighted by Crippen LogP contribution is 2.05. The Hall–Kier alpha value is -0.410. The lowest BCUT2D eigenvalue weighted by Gasteiger charge is -2.02. The number of aromatic nitrogens is 1. The molecule has 1 aromatic rings. The van der Waals surface area contributed by atoms with Crippen LogP contribution in [0, 0.1) is 0 Å². The molecule has 0 bridgehead atoms. The summed E-state index contributed by atoms with van der Waals surface area (Å²) in [5, 5.41) is 0. The second-order valence-electron chi connectivity index (χ2n) is 3.43. The van der Waals surface area contributed by atoms with Crippen molar-refractivity contribution in [2.24, 2.45) is 5.73 Å². The van der Waals surface area contributed by atoms with Crippen molar-refractivity contribution in [3.8, 4) is 0 Å². The highest BCUT2D eigenvalue weighted by molar-refractivity contribution is 7.98. The fourth-order valence-corrected chi connectivity index (χ4v) is 1.71. The monoisotopic (exact) mass is 198 g/mol. The number of aryl methyl sites for hydroxylation is 1. The number of nitrogens with zero attached hydrogens (tertiary/aromatic N) is 1. The van der Waals surface area contributed by atoms with Crippen LogP contribution in [0.3, 0.4) is 0 Å². The van der Waals surface area contributed by atoms with E-state index in [2.05, 4.69) is 29.3 Å². The first-order valence-electron chi connectivity index (χ1n) is 4.61. The van der Waals surface area contributed by atoms with Crippen molar-refractivity contribution in [3.63, 3.8) is 0 Å². The van der Waals surface area contributed by atoms with Crippen LogP contribution < -0.4 is 5.73 Å². The van der Waals surface area contributed by atoms with Crippen molar-refractivity contribution in [1.29, 1.82) is 0 Å². The molecule has 0 aliphatic heterocycles. The van der Waals surface area contributed by atoms with Crippen molar-refractivity contribution >= 4 is 11.8 Å². The van der Waals surface area contributed by atoms with Gasteiger partial charge < -0.3 is 10.3 Å². The van der Waals surface area contributed by atoms with E-state index in [0.717, 1.165) is 13.0 Å². The maximum atomic E-state index is 5.72. The third kappa shape index (κ3) is 3.87. The highest BCUT2D eigenvalue weighted by atomic mass is 32.2. The van der Waals surface area contributed by atoms with Crippen molar-refractivity contribution < 1.29 is 0 Å². The van der Waals surface area contributed by atoms with Crippen LogP contribution in [0.15, 0.2) is 18.5 Å². The van der Waals surface area contributed by atoms with Gasteiger partial charge in [-0.25, -0.2) is 0 Å². The molecule has 0 radical (unpaired) electrons. The van der Waals surface area contributed by atoms with Crippen molar-refractivity contribution in [1.82, 2.24) is 4.57 Å².